The van der Waals surface area contributed by atoms with Crippen molar-refractivity contribution in [2.75, 3.05) is 6.54 Å². The highest BCUT2D eigenvalue weighted by atomic mass is 32.1. The summed E-state index contributed by atoms with van der Waals surface area (Å²) in [5.74, 6) is -5.56. The SMILES string of the molecule is C[C@H](NC(=O)[C@H]1C[C@@H](c2cc3ccccc3s2)CCN1)C(=O)NCc1ccc(C(=N)N)cc1.O=C(O)C(F)(F)F.O=C(O)C(F)(F)F. The number of halogens is 6. The lowest BCUT2D eigenvalue weighted by Crippen LogP contribution is -2.53. The summed E-state index contributed by atoms with van der Waals surface area (Å²) in [7, 11) is 0. The van der Waals surface area contributed by atoms with Gasteiger partial charge in [0.2, 0.25) is 11.8 Å². The van der Waals surface area contributed by atoms with Gasteiger partial charge in [-0.25, -0.2) is 9.59 Å². The maximum Gasteiger partial charge on any atom is 0.490 e. The van der Waals surface area contributed by atoms with Crippen LogP contribution >= 0.6 is 11.3 Å². The number of hydrogen-bond acceptors (Lipinski definition) is 7. The zero-order valence-electron chi connectivity index (χ0n) is 24.5. The predicted octanol–water partition coefficient (Wildman–Crippen LogP) is 4.11. The van der Waals surface area contributed by atoms with Crippen LogP contribution in [0.4, 0.5) is 26.3 Å². The van der Waals surface area contributed by atoms with Crippen LogP contribution in [0.3, 0.4) is 0 Å². The van der Waals surface area contributed by atoms with E-state index < -0.39 is 30.3 Å². The van der Waals surface area contributed by atoms with E-state index in [0.717, 1.165) is 24.9 Å². The Kier molecular flexibility index (Phi) is 13.7. The van der Waals surface area contributed by atoms with Gasteiger partial charge in [0.05, 0.1) is 6.04 Å². The number of carboxylic acid groups (broad SMARTS) is 2. The summed E-state index contributed by atoms with van der Waals surface area (Å²) in [4.78, 5) is 44.5. The molecule has 0 aliphatic carbocycles. The van der Waals surface area contributed by atoms with Crippen molar-refractivity contribution in [3.05, 3.63) is 70.6 Å². The molecule has 1 aromatic heterocycles. The molecule has 2 amide bonds. The molecule has 3 atom stereocenters. The highest BCUT2D eigenvalue weighted by Gasteiger charge is 2.39. The molecule has 1 aliphatic heterocycles. The number of carbonyl (C=O) groups excluding carboxylic acids is 2. The summed E-state index contributed by atoms with van der Waals surface area (Å²) < 4.78 is 64.7. The van der Waals surface area contributed by atoms with Crippen molar-refractivity contribution in [1.29, 1.82) is 5.41 Å². The molecule has 0 unspecified atom stereocenters. The first-order chi connectivity index (χ1) is 21.8. The first-order valence-corrected chi connectivity index (χ1v) is 14.4. The second-order valence-electron chi connectivity index (χ2n) is 10.1. The van der Waals surface area contributed by atoms with Crippen LogP contribution in [0.2, 0.25) is 0 Å². The Labute approximate surface area is 267 Å². The summed E-state index contributed by atoms with van der Waals surface area (Å²) in [5.41, 5.74) is 7.00. The third-order valence-electron chi connectivity index (χ3n) is 6.54. The van der Waals surface area contributed by atoms with Gasteiger partial charge in [-0.1, -0.05) is 42.5 Å². The zero-order chi connectivity index (χ0) is 35.5. The van der Waals surface area contributed by atoms with Crippen LogP contribution < -0.4 is 21.7 Å². The fraction of sp³-hybridized carbons (Fsp3) is 0.345. The number of nitrogen functional groups attached to an aromatic ring is 1. The third kappa shape index (κ3) is 12.5. The molecule has 0 radical (unpaired) electrons. The summed E-state index contributed by atoms with van der Waals surface area (Å²) in [6, 6.07) is 16.8. The van der Waals surface area contributed by atoms with Crippen molar-refractivity contribution in [2.24, 2.45) is 5.73 Å². The Morgan fingerprint density at radius 1 is 1.00 bits per heavy atom. The molecule has 1 aliphatic rings. The quantitative estimate of drug-likeness (QED) is 0.109. The molecule has 4 rings (SSSR count). The summed E-state index contributed by atoms with van der Waals surface area (Å²) in [5, 5.41) is 31.9. The van der Waals surface area contributed by atoms with Gasteiger partial charge in [0, 0.05) is 21.7 Å². The molecule has 0 spiro atoms. The van der Waals surface area contributed by atoms with Gasteiger partial charge in [-0.05, 0) is 55.3 Å². The fourth-order valence-electron chi connectivity index (χ4n) is 4.10. The minimum absolute atomic E-state index is 0.00725. The molecule has 2 heterocycles. The number of nitrogens with one attached hydrogen (secondary N) is 4. The molecular weight excluding hydrogens is 660 g/mol. The normalized spacial score (nSPS) is 16.7. The molecule has 256 valence electrons. The summed E-state index contributed by atoms with van der Waals surface area (Å²) >= 11 is 1.80. The summed E-state index contributed by atoms with van der Waals surface area (Å²) in [6.45, 7) is 2.80. The molecule has 0 saturated carbocycles. The lowest BCUT2D eigenvalue weighted by Gasteiger charge is -2.29. The van der Waals surface area contributed by atoms with E-state index in [1.165, 1.54) is 15.0 Å². The second-order valence-corrected chi connectivity index (χ2v) is 11.2. The van der Waals surface area contributed by atoms with Gasteiger partial charge in [0.25, 0.3) is 0 Å². The van der Waals surface area contributed by atoms with Crippen LogP contribution in [0.25, 0.3) is 10.1 Å². The van der Waals surface area contributed by atoms with E-state index in [1.54, 1.807) is 30.4 Å². The van der Waals surface area contributed by atoms with Crippen LogP contribution in [0.5, 0.6) is 0 Å². The Morgan fingerprint density at radius 2 is 1.55 bits per heavy atom. The monoisotopic (exact) mass is 691 g/mol. The Bertz CT molecular complexity index is 1500. The molecule has 1 saturated heterocycles. The predicted molar refractivity (Wildman–Crippen MR) is 160 cm³/mol. The van der Waals surface area contributed by atoms with Crippen molar-refractivity contribution in [3.63, 3.8) is 0 Å². The number of benzene rings is 2. The Morgan fingerprint density at radius 3 is 2.06 bits per heavy atom. The minimum Gasteiger partial charge on any atom is -0.475 e. The lowest BCUT2D eigenvalue weighted by atomic mass is 9.90. The van der Waals surface area contributed by atoms with Gasteiger partial charge < -0.3 is 31.9 Å². The Balaban J connectivity index is 0.000000459. The number of piperidine rings is 1. The highest BCUT2D eigenvalue weighted by molar-refractivity contribution is 7.19. The van der Waals surface area contributed by atoms with Crippen molar-refractivity contribution < 1.29 is 55.7 Å². The number of amides is 2. The van der Waals surface area contributed by atoms with E-state index in [2.05, 4.69) is 40.2 Å². The van der Waals surface area contributed by atoms with Gasteiger partial charge in [-0.2, -0.15) is 26.3 Å². The average molecular weight is 692 g/mol. The van der Waals surface area contributed by atoms with Crippen LogP contribution in [-0.2, 0) is 25.7 Å². The van der Waals surface area contributed by atoms with Crippen molar-refractivity contribution in [1.82, 2.24) is 16.0 Å². The number of carbonyl (C=O) groups is 4. The van der Waals surface area contributed by atoms with Crippen LogP contribution in [0.1, 0.15) is 41.7 Å². The number of carboxylic acids is 2. The average Bonchev–Trinajstić information content (AvgIpc) is 3.44. The van der Waals surface area contributed by atoms with Gasteiger partial charge >= 0.3 is 24.3 Å². The van der Waals surface area contributed by atoms with Crippen LogP contribution in [0.15, 0.2) is 54.6 Å². The third-order valence-corrected chi connectivity index (χ3v) is 7.81. The molecule has 18 heteroatoms. The Hall–Kier alpha value is -4.71. The van der Waals surface area contributed by atoms with Crippen molar-refractivity contribution in [3.8, 4) is 0 Å². The molecule has 11 nitrogen and oxygen atoms in total. The smallest absolute Gasteiger partial charge is 0.475 e. The number of alkyl halides is 6. The van der Waals surface area contributed by atoms with Gasteiger partial charge in [0.15, 0.2) is 0 Å². The van der Waals surface area contributed by atoms with Crippen LogP contribution in [0, 0.1) is 5.41 Å². The highest BCUT2D eigenvalue weighted by Crippen LogP contribution is 2.36. The molecule has 8 N–H and O–H groups in total. The number of thiophene rings is 1. The zero-order valence-corrected chi connectivity index (χ0v) is 25.4. The number of amidine groups is 1. The second kappa shape index (κ2) is 16.7. The standard InChI is InChI=1S/C25H29N5O2S.2C2HF3O2/c1-15(24(31)29-14-16-6-8-17(9-7-16)23(26)27)30-25(32)20-12-19(10-11-28-20)22-13-18-4-2-3-5-21(18)33-22;2*3-2(4,5)1(6)7/h2-9,13,15,19-20,28H,10-12,14H2,1H3,(H3,26,27)(H,29,31)(H,30,32);2*(H,6,7)/t15-,19-,20+;;/m0../s1. The van der Waals surface area contributed by atoms with E-state index in [1.807, 2.05) is 18.2 Å². The molecule has 3 aromatic rings. The fourth-order valence-corrected chi connectivity index (χ4v) is 5.32. The molecule has 1 fully saturated rings. The van der Waals surface area contributed by atoms with E-state index in [9.17, 15) is 35.9 Å². The maximum absolute atomic E-state index is 12.9. The van der Waals surface area contributed by atoms with Gasteiger partial charge in [-0.15, -0.1) is 11.3 Å². The van der Waals surface area contributed by atoms with E-state index in [0.29, 0.717) is 18.0 Å². The first-order valence-electron chi connectivity index (χ1n) is 13.6. The number of nitrogens with two attached hydrogens (primary N) is 1. The lowest BCUT2D eigenvalue weighted by molar-refractivity contribution is -0.193. The largest absolute Gasteiger partial charge is 0.490 e. The van der Waals surface area contributed by atoms with E-state index in [-0.39, 0.29) is 23.7 Å². The molecule has 0 bridgehead atoms. The topological polar surface area (TPSA) is 195 Å². The van der Waals surface area contributed by atoms with Crippen molar-refractivity contribution in [2.45, 2.75) is 56.7 Å². The minimum atomic E-state index is -5.08. The number of hydrogen-bond donors (Lipinski definition) is 7. The number of aliphatic carboxylic acids is 2. The summed E-state index contributed by atoms with van der Waals surface area (Å²) in [6.07, 6.45) is -8.45. The van der Waals surface area contributed by atoms with E-state index >= 15 is 0 Å². The number of rotatable bonds is 7. The molecule has 2 aromatic carbocycles. The first kappa shape index (κ1) is 38.5. The molecule has 47 heavy (non-hydrogen) atoms. The van der Waals surface area contributed by atoms with Crippen molar-refractivity contribution >= 4 is 51.0 Å². The van der Waals surface area contributed by atoms with Crippen LogP contribution in [-0.4, -0.2) is 70.8 Å². The van der Waals surface area contributed by atoms with Gasteiger partial charge in [0.1, 0.15) is 11.9 Å². The number of fused-ring (bicyclic) bond motifs is 1. The maximum atomic E-state index is 12.9. The van der Waals surface area contributed by atoms with Gasteiger partial charge in [-0.3, -0.25) is 15.0 Å². The van der Waals surface area contributed by atoms with E-state index in [4.69, 9.17) is 30.9 Å². The molecular formula is C29H31F6N5O6S.